The lowest BCUT2D eigenvalue weighted by Gasteiger charge is -2.12. The van der Waals surface area contributed by atoms with Crippen molar-refractivity contribution in [1.82, 2.24) is 10.2 Å². The summed E-state index contributed by atoms with van der Waals surface area (Å²) in [7, 11) is 3.36. The smallest absolute Gasteiger partial charge is 0.253 e. The van der Waals surface area contributed by atoms with Crippen molar-refractivity contribution in [3.63, 3.8) is 0 Å². The molecule has 1 atom stereocenters. The largest absolute Gasteiger partial charge is 0.388 e. The molecule has 0 heterocycles. The summed E-state index contributed by atoms with van der Waals surface area (Å²) in [6.45, 7) is 0.283. The van der Waals surface area contributed by atoms with Crippen molar-refractivity contribution in [3.8, 4) is 0 Å². The van der Waals surface area contributed by atoms with Crippen LogP contribution in [0.5, 0.6) is 0 Å². The van der Waals surface area contributed by atoms with Crippen molar-refractivity contribution in [1.29, 1.82) is 0 Å². The van der Waals surface area contributed by atoms with Crippen LogP contribution >= 0.6 is 0 Å². The Hall–Kier alpha value is -2.73. The van der Waals surface area contributed by atoms with Crippen molar-refractivity contribution in [2.45, 2.75) is 19.1 Å². The monoisotopic (exact) mass is 344 g/mol. The maximum absolute atomic E-state index is 13.1. The van der Waals surface area contributed by atoms with E-state index in [2.05, 4.69) is 5.32 Å². The van der Waals surface area contributed by atoms with Crippen LogP contribution in [-0.2, 0) is 11.3 Å². The number of halogens is 1. The summed E-state index contributed by atoms with van der Waals surface area (Å²) < 4.78 is 13.1. The third-order valence-electron chi connectivity index (χ3n) is 3.71. The molecule has 6 heteroatoms. The second kappa shape index (κ2) is 8.39. The first-order valence-electron chi connectivity index (χ1n) is 7.87. The van der Waals surface area contributed by atoms with Crippen LogP contribution in [0.15, 0.2) is 48.5 Å². The molecule has 0 bridgehead atoms. The van der Waals surface area contributed by atoms with Gasteiger partial charge >= 0.3 is 0 Å². The van der Waals surface area contributed by atoms with E-state index in [9.17, 15) is 19.1 Å². The summed E-state index contributed by atoms with van der Waals surface area (Å²) >= 11 is 0. The van der Waals surface area contributed by atoms with Gasteiger partial charge in [-0.3, -0.25) is 9.59 Å². The van der Waals surface area contributed by atoms with E-state index in [1.807, 2.05) is 0 Å². The highest BCUT2D eigenvalue weighted by Gasteiger charge is 2.13. The van der Waals surface area contributed by atoms with E-state index in [4.69, 9.17) is 0 Å². The molecule has 2 aromatic carbocycles. The number of carbonyl (C=O) groups is 2. The zero-order valence-corrected chi connectivity index (χ0v) is 14.2. The fourth-order valence-electron chi connectivity index (χ4n) is 2.30. The molecule has 2 N–H and O–H groups in total. The topological polar surface area (TPSA) is 69.6 Å². The van der Waals surface area contributed by atoms with Crippen LogP contribution in [0.2, 0.25) is 0 Å². The summed E-state index contributed by atoms with van der Waals surface area (Å²) in [6, 6.07) is 12.5. The number of aliphatic hydroxyl groups is 1. The van der Waals surface area contributed by atoms with E-state index in [-0.39, 0.29) is 24.8 Å². The van der Waals surface area contributed by atoms with Crippen molar-refractivity contribution in [3.05, 3.63) is 71.0 Å². The molecule has 2 aromatic rings. The first-order valence-corrected chi connectivity index (χ1v) is 7.87. The van der Waals surface area contributed by atoms with Gasteiger partial charge in [-0.15, -0.1) is 0 Å². The summed E-state index contributed by atoms with van der Waals surface area (Å²) in [4.78, 5) is 25.2. The fourth-order valence-corrected chi connectivity index (χ4v) is 2.30. The standard InChI is InChI=1S/C19H21FN2O3/c1-22(2)19(25)14-8-6-13(7-9-14)12-21-18(24)11-17(23)15-4-3-5-16(20)10-15/h3-10,17,23H,11-12H2,1-2H3,(H,21,24). The summed E-state index contributed by atoms with van der Waals surface area (Å²) in [5, 5.41) is 12.7. The van der Waals surface area contributed by atoms with Crippen molar-refractivity contribution in [2.24, 2.45) is 0 Å². The molecule has 132 valence electrons. The fraction of sp³-hybridized carbons (Fsp3) is 0.263. The number of carbonyl (C=O) groups excluding carboxylic acids is 2. The molecule has 25 heavy (non-hydrogen) atoms. The Bertz CT molecular complexity index is 745. The van der Waals surface area contributed by atoms with Gasteiger partial charge < -0.3 is 15.3 Å². The number of hydrogen-bond donors (Lipinski definition) is 2. The Kier molecular flexibility index (Phi) is 6.25. The number of rotatable bonds is 6. The minimum Gasteiger partial charge on any atom is -0.388 e. The van der Waals surface area contributed by atoms with Crippen LogP contribution in [0.25, 0.3) is 0 Å². The molecule has 0 aliphatic heterocycles. The summed E-state index contributed by atoms with van der Waals surface area (Å²) in [5.74, 6) is -0.886. The lowest BCUT2D eigenvalue weighted by molar-refractivity contribution is -0.123. The van der Waals surface area contributed by atoms with Crippen LogP contribution in [0, 0.1) is 5.82 Å². The number of nitrogens with one attached hydrogen (secondary N) is 1. The van der Waals surface area contributed by atoms with E-state index in [0.717, 1.165) is 5.56 Å². The predicted molar refractivity (Wildman–Crippen MR) is 92.3 cm³/mol. The van der Waals surface area contributed by atoms with Gasteiger partial charge in [0.1, 0.15) is 5.82 Å². The maximum Gasteiger partial charge on any atom is 0.253 e. The third kappa shape index (κ3) is 5.39. The minimum atomic E-state index is -1.06. The zero-order valence-electron chi connectivity index (χ0n) is 14.2. The second-order valence-corrected chi connectivity index (χ2v) is 5.95. The first-order chi connectivity index (χ1) is 11.9. The molecule has 0 aromatic heterocycles. The zero-order chi connectivity index (χ0) is 18.4. The highest BCUT2D eigenvalue weighted by molar-refractivity contribution is 5.93. The minimum absolute atomic E-state index is 0.0891. The van der Waals surface area contributed by atoms with Crippen molar-refractivity contribution in [2.75, 3.05) is 14.1 Å². The van der Waals surface area contributed by atoms with Crippen LogP contribution < -0.4 is 5.32 Å². The lowest BCUT2D eigenvalue weighted by atomic mass is 10.1. The van der Waals surface area contributed by atoms with E-state index in [1.54, 1.807) is 44.4 Å². The molecular weight excluding hydrogens is 323 g/mol. The summed E-state index contributed by atoms with van der Waals surface area (Å²) in [5.41, 5.74) is 1.77. The highest BCUT2D eigenvalue weighted by atomic mass is 19.1. The van der Waals surface area contributed by atoms with Gasteiger partial charge in [-0.25, -0.2) is 4.39 Å². The first kappa shape index (κ1) is 18.6. The quantitative estimate of drug-likeness (QED) is 0.845. The predicted octanol–water partition coefficient (Wildman–Crippen LogP) is 2.27. The molecule has 0 radical (unpaired) electrons. The third-order valence-corrected chi connectivity index (χ3v) is 3.71. The normalized spacial score (nSPS) is 11.7. The van der Waals surface area contributed by atoms with Crippen LogP contribution in [0.1, 0.15) is 34.0 Å². The van der Waals surface area contributed by atoms with Crippen molar-refractivity contribution < 1.29 is 19.1 Å². The average molecular weight is 344 g/mol. The van der Waals surface area contributed by atoms with Gasteiger partial charge in [0.25, 0.3) is 5.91 Å². The van der Waals surface area contributed by atoms with Gasteiger partial charge in [0.05, 0.1) is 12.5 Å². The molecule has 0 saturated heterocycles. The van der Waals surface area contributed by atoms with Crippen molar-refractivity contribution >= 4 is 11.8 Å². The van der Waals surface area contributed by atoms with Gasteiger partial charge in [-0.05, 0) is 35.4 Å². The van der Waals surface area contributed by atoms with E-state index < -0.39 is 11.9 Å². The average Bonchev–Trinajstić information content (AvgIpc) is 2.59. The van der Waals surface area contributed by atoms with E-state index in [1.165, 1.54) is 23.1 Å². The number of benzene rings is 2. The molecule has 2 amide bonds. The van der Waals surface area contributed by atoms with Gasteiger partial charge in [-0.1, -0.05) is 24.3 Å². The molecule has 2 rings (SSSR count). The lowest BCUT2D eigenvalue weighted by Crippen LogP contribution is -2.25. The number of amides is 2. The Morgan fingerprint density at radius 2 is 1.84 bits per heavy atom. The molecular formula is C19H21FN2O3. The highest BCUT2D eigenvalue weighted by Crippen LogP contribution is 2.17. The summed E-state index contributed by atoms with van der Waals surface area (Å²) in [6.07, 6.45) is -1.21. The Labute approximate surface area is 146 Å². The van der Waals surface area contributed by atoms with Crippen LogP contribution in [0.4, 0.5) is 4.39 Å². The van der Waals surface area contributed by atoms with Crippen LogP contribution in [0.3, 0.4) is 0 Å². The SMILES string of the molecule is CN(C)C(=O)c1ccc(CNC(=O)CC(O)c2cccc(F)c2)cc1. The van der Waals surface area contributed by atoms with Gasteiger partial charge in [-0.2, -0.15) is 0 Å². The number of nitrogens with zero attached hydrogens (tertiary/aromatic N) is 1. The van der Waals surface area contributed by atoms with E-state index in [0.29, 0.717) is 11.1 Å². The Morgan fingerprint density at radius 3 is 2.44 bits per heavy atom. The Balaban J connectivity index is 1.86. The van der Waals surface area contributed by atoms with E-state index >= 15 is 0 Å². The van der Waals surface area contributed by atoms with Crippen LogP contribution in [-0.4, -0.2) is 35.9 Å². The van der Waals surface area contributed by atoms with Gasteiger partial charge in [0, 0.05) is 26.2 Å². The molecule has 1 unspecified atom stereocenters. The molecule has 0 saturated carbocycles. The Morgan fingerprint density at radius 1 is 1.16 bits per heavy atom. The van der Waals surface area contributed by atoms with Gasteiger partial charge in [0.2, 0.25) is 5.91 Å². The molecule has 0 aliphatic rings. The molecule has 0 spiro atoms. The number of aliphatic hydroxyl groups excluding tert-OH is 1. The second-order valence-electron chi connectivity index (χ2n) is 5.95. The van der Waals surface area contributed by atoms with Gasteiger partial charge in [0.15, 0.2) is 0 Å². The number of hydrogen-bond acceptors (Lipinski definition) is 3. The molecule has 5 nitrogen and oxygen atoms in total. The maximum atomic E-state index is 13.1. The molecule has 0 aliphatic carbocycles. The molecule has 0 fully saturated rings.